The number of nitrogens with zero attached hydrogens (tertiary/aromatic N) is 2. The average Bonchev–Trinajstić information content (AvgIpc) is 3.16. The molecule has 8 nitrogen and oxygen atoms in total. The fourth-order valence-electron chi connectivity index (χ4n) is 4.61. The number of aryl methyl sites for hydroxylation is 1. The molecule has 0 radical (unpaired) electrons. The molecular formula is C25H33N3O5S2. The molecule has 4 rings (SSSR count). The molecule has 1 N–H and O–H groups in total. The Morgan fingerprint density at radius 2 is 1.83 bits per heavy atom. The normalized spacial score (nSPS) is 19.2. The molecule has 190 valence electrons. The molecule has 1 aliphatic heterocycles. The van der Waals surface area contributed by atoms with Gasteiger partial charge in [0, 0.05) is 31.1 Å². The summed E-state index contributed by atoms with van der Waals surface area (Å²) in [5.41, 5.74) is 2.52. The number of thiophene rings is 1. The Bertz CT molecular complexity index is 1180. The molecule has 2 aromatic rings. The number of ether oxygens (including phenoxy) is 1. The maximum Gasteiger partial charge on any atom is 0.341 e. The largest absolute Gasteiger partial charge is 0.462 e. The van der Waals surface area contributed by atoms with Crippen LogP contribution in [0.3, 0.4) is 0 Å². The first-order valence-electron chi connectivity index (χ1n) is 12.1. The van der Waals surface area contributed by atoms with Gasteiger partial charge in [0.25, 0.3) is 0 Å². The first kappa shape index (κ1) is 25.8. The SMILES string of the molecule is CCOC(=O)c1c(NC(=O)CN2CCN(S(=O)(=O)c3ccc(C)cc3)CC2)sc2c1CCC(C)C2. The third-order valence-electron chi connectivity index (χ3n) is 6.60. The summed E-state index contributed by atoms with van der Waals surface area (Å²) < 4.78 is 32.6. The standard InChI is InChI=1S/C25H33N3O5S2/c1-4-33-25(30)23-20-10-7-18(3)15-21(20)34-24(23)26-22(29)16-27-11-13-28(14-12-27)35(31,32)19-8-5-17(2)6-9-19/h5-6,8-9,18H,4,7,10-16H2,1-3H3,(H,26,29). The van der Waals surface area contributed by atoms with Gasteiger partial charge in [-0.15, -0.1) is 11.3 Å². The Kier molecular flexibility index (Phi) is 7.95. The van der Waals surface area contributed by atoms with Crippen molar-refractivity contribution in [2.24, 2.45) is 5.92 Å². The molecule has 10 heteroatoms. The van der Waals surface area contributed by atoms with Crippen LogP contribution in [-0.2, 0) is 32.4 Å². The van der Waals surface area contributed by atoms with Gasteiger partial charge >= 0.3 is 5.97 Å². The topological polar surface area (TPSA) is 96.0 Å². The number of sulfonamides is 1. The maximum absolute atomic E-state index is 12.9. The number of fused-ring (bicyclic) bond motifs is 1. The van der Waals surface area contributed by atoms with Gasteiger partial charge in [-0.25, -0.2) is 13.2 Å². The number of benzene rings is 1. The smallest absolute Gasteiger partial charge is 0.341 e. The predicted molar refractivity (Wildman–Crippen MR) is 136 cm³/mol. The van der Waals surface area contributed by atoms with E-state index in [0.29, 0.717) is 42.7 Å². The minimum absolute atomic E-state index is 0.139. The highest BCUT2D eigenvalue weighted by Gasteiger charge is 2.31. The monoisotopic (exact) mass is 519 g/mol. The van der Waals surface area contributed by atoms with Crippen molar-refractivity contribution in [3.05, 3.63) is 45.8 Å². The number of piperazine rings is 1. The number of rotatable bonds is 7. The van der Waals surface area contributed by atoms with E-state index in [-0.39, 0.29) is 29.9 Å². The van der Waals surface area contributed by atoms with Crippen LogP contribution in [0, 0.1) is 12.8 Å². The van der Waals surface area contributed by atoms with Crippen molar-refractivity contribution in [2.45, 2.75) is 44.9 Å². The molecule has 1 atom stereocenters. The highest BCUT2D eigenvalue weighted by Crippen LogP contribution is 2.40. The molecule has 0 saturated carbocycles. The molecule has 1 fully saturated rings. The van der Waals surface area contributed by atoms with Crippen LogP contribution in [0.15, 0.2) is 29.2 Å². The lowest BCUT2D eigenvalue weighted by Gasteiger charge is -2.33. The number of nitrogens with one attached hydrogen (secondary N) is 1. The number of carbonyl (C=O) groups excluding carboxylic acids is 2. The predicted octanol–water partition coefficient (Wildman–Crippen LogP) is 3.30. The van der Waals surface area contributed by atoms with Crippen molar-refractivity contribution in [1.82, 2.24) is 9.21 Å². The summed E-state index contributed by atoms with van der Waals surface area (Å²) in [5.74, 6) is -0.0472. The van der Waals surface area contributed by atoms with E-state index < -0.39 is 10.0 Å². The lowest BCUT2D eigenvalue weighted by Crippen LogP contribution is -2.50. The Labute approximate surface area is 211 Å². The van der Waals surface area contributed by atoms with Gasteiger partial charge < -0.3 is 10.1 Å². The Morgan fingerprint density at radius 3 is 2.49 bits per heavy atom. The second-order valence-electron chi connectivity index (χ2n) is 9.32. The zero-order valence-electron chi connectivity index (χ0n) is 20.5. The van der Waals surface area contributed by atoms with Crippen molar-refractivity contribution >= 4 is 38.2 Å². The lowest BCUT2D eigenvalue weighted by molar-refractivity contribution is -0.117. The minimum atomic E-state index is -3.55. The van der Waals surface area contributed by atoms with Gasteiger partial charge in [-0.05, 0) is 56.7 Å². The number of amides is 1. The van der Waals surface area contributed by atoms with Crippen LogP contribution in [0.5, 0.6) is 0 Å². The number of hydrogen-bond acceptors (Lipinski definition) is 7. The summed E-state index contributed by atoms with van der Waals surface area (Å²) in [4.78, 5) is 28.9. The summed E-state index contributed by atoms with van der Waals surface area (Å²) in [6.07, 6.45) is 2.73. The van der Waals surface area contributed by atoms with Crippen LogP contribution in [0.25, 0.3) is 0 Å². The Hall–Kier alpha value is -2.27. The Balaban J connectivity index is 1.38. The summed E-state index contributed by atoms with van der Waals surface area (Å²) in [7, 11) is -3.55. The molecule has 2 heterocycles. The van der Waals surface area contributed by atoms with Crippen molar-refractivity contribution in [3.63, 3.8) is 0 Å². The van der Waals surface area contributed by atoms with Gasteiger partial charge in [0.15, 0.2) is 0 Å². The van der Waals surface area contributed by atoms with Crippen LogP contribution in [0.1, 0.15) is 46.6 Å². The highest BCUT2D eigenvalue weighted by molar-refractivity contribution is 7.89. The van der Waals surface area contributed by atoms with Crippen molar-refractivity contribution in [3.8, 4) is 0 Å². The fourth-order valence-corrected chi connectivity index (χ4v) is 7.45. The van der Waals surface area contributed by atoms with Crippen molar-refractivity contribution in [1.29, 1.82) is 0 Å². The molecule has 1 aromatic carbocycles. The van der Waals surface area contributed by atoms with E-state index >= 15 is 0 Å². The summed E-state index contributed by atoms with van der Waals surface area (Å²) in [5, 5.41) is 3.51. The zero-order valence-corrected chi connectivity index (χ0v) is 22.1. The van der Waals surface area contributed by atoms with Gasteiger partial charge in [0.1, 0.15) is 5.00 Å². The molecule has 1 unspecified atom stereocenters. The molecule has 1 aromatic heterocycles. The van der Waals surface area contributed by atoms with Crippen LogP contribution >= 0.6 is 11.3 Å². The van der Waals surface area contributed by atoms with E-state index in [9.17, 15) is 18.0 Å². The fraction of sp³-hybridized carbons (Fsp3) is 0.520. The molecule has 35 heavy (non-hydrogen) atoms. The summed E-state index contributed by atoms with van der Waals surface area (Å²) >= 11 is 1.47. The van der Waals surface area contributed by atoms with Crippen LogP contribution in [0.2, 0.25) is 0 Å². The second kappa shape index (κ2) is 10.8. The van der Waals surface area contributed by atoms with Crippen molar-refractivity contribution < 1.29 is 22.7 Å². The number of carbonyl (C=O) groups is 2. The first-order chi connectivity index (χ1) is 16.7. The van der Waals surface area contributed by atoms with E-state index in [1.807, 2.05) is 11.8 Å². The van der Waals surface area contributed by atoms with E-state index in [0.717, 1.165) is 35.3 Å². The van der Waals surface area contributed by atoms with E-state index in [1.165, 1.54) is 15.6 Å². The minimum Gasteiger partial charge on any atom is -0.462 e. The third-order valence-corrected chi connectivity index (χ3v) is 9.68. The van der Waals surface area contributed by atoms with Crippen LogP contribution in [0.4, 0.5) is 5.00 Å². The molecule has 2 aliphatic rings. The van der Waals surface area contributed by atoms with Gasteiger partial charge in [0.2, 0.25) is 15.9 Å². The first-order valence-corrected chi connectivity index (χ1v) is 14.4. The molecule has 0 spiro atoms. The van der Waals surface area contributed by atoms with E-state index in [2.05, 4.69) is 12.2 Å². The Morgan fingerprint density at radius 1 is 1.14 bits per heavy atom. The van der Waals surface area contributed by atoms with E-state index in [1.54, 1.807) is 31.2 Å². The lowest BCUT2D eigenvalue weighted by atomic mass is 9.88. The zero-order chi connectivity index (χ0) is 25.2. The van der Waals surface area contributed by atoms with E-state index in [4.69, 9.17) is 4.74 Å². The number of esters is 1. The van der Waals surface area contributed by atoms with Crippen LogP contribution < -0.4 is 5.32 Å². The van der Waals surface area contributed by atoms with Gasteiger partial charge in [-0.3, -0.25) is 9.69 Å². The molecule has 1 aliphatic carbocycles. The molecule has 1 amide bonds. The molecular weight excluding hydrogens is 486 g/mol. The maximum atomic E-state index is 12.9. The van der Waals surface area contributed by atoms with Gasteiger partial charge in [-0.1, -0.05) is 24.6 Å². The molecule has 1 saturated heterocycles. The van der Waals surface area contributed by atoms with Crippen molar-refractivity contribution in [2.75, 3.05) is 44.6 Å². The summed E-state index contributed by atoms with van der Waals surface area (Å²) in [6.45, 7) is 7.87. The quantitative estimate of drug-likeness (QED) is 0.564. The highest BCUT2D eigenvalue weighted by atomic mass is 32.2. The van der Waals surface area contributed by atoms with Gasteiger partial charge in [-0.2, -0.15) is 4.31 Å². The van der Waals surface area contributed by atoms with Crippen LogP contribution in [-0.4, -0.2) is 68.8 Å². The second-order valence-corrected chi connectivity index (χ2v) is 12.4. The number of hydrogen-bond donors (Lipinski definition) is 1. The molecule has 0 bridgehead atoms. The third kappa shape index (κ3) is 5.77. The summed E-state index contributed by atoms with van der Waals surface area (Å²) in [6, 6.07) is 6.85. The number of anilines is 1. The van der Waals surface area contributed by atoms with Gasteiger partial charge in [0.05, 0.1) is 23.6 Å². The average molecular weight is 520 g/mol.